The molecule has 0 radical (unpaired) electrons. The lowest BCUT2D eigenvalue weighted by molar-refractivity contribution is 0.168. The first-order valence-corrected chi connectivity index (χ1v) is 9.38. The molecule has 2 aromatic rings. The molecule has 160 valence electrons. The Hall–Kier alpha value is -3.48. The van der Waals surface area contributed by atoms with Crippen LogP contribution in [0.5, 0.6) is 40.2 Å². The fraction of sp³-hybridized carbons (Fsp3) is 0.304. The van der Waals surface area contributed by atoms with Gasteiger partial charge in [-0.25, -0.2) is 0 Å². The lowest BCUT2D eigenvalue weighted by Gasteiger charge is -2.12. The van der Waals surface area contributed by atoms with Crippen molar-refractivity contribution in [3.8, 4) is 40.2 Å². The molecule has 0 saturated heterocycles. The van der Waals surface area contributed by atoms with Crippen LogP contribution >= 0.6 is 0 Å². The third-order valence-electron chi connectivity index (χ3n) is 4.53. The molecule has 0 saturated carbocycles. The van der Waals surface area contributed by atoms with Gasteiger partial charge in [0.25, 0.3) is 0 Å². The summed E-state index contributed by atoms with van der Waals surface area (Å²) < 4.78 is 37.1. The van der Waals surface area contributed by atoms with E-state index in [-0.39, 0.29) is 13.6 Å². The number of benzene rings is 2. The molecule has 2 aliphatic heterocycles. The summed E-state index contributed by atoms with van der Waals surface area (Å²) in [6, 6.07) is 5.77. The van der Waals surface area contributed by atoms with Crippen LogP contribution in [0.4, 0.5) is 0 Å². The van der Waals surface area contributed by atoms with Gasteiger partial charge in [0.05, 0.1) is 21.3 Å². The van der Waals surface area contributed by atoms with Gasteiger partial charge in [0.1, 0.15) is 0 Å². The summed E-state index contributed by atoms with van der Waals surface area (Å²) in [6.07, 6.45) is 5.14. The van der Waals surface area contributed by atoms with Crippen molar-refractivity contribution in [3.63, 3.8) is 0 Å². The summed E-state index contributed by atoms with van der Waals surface area (Å²) in [5.74, 6) is 4.72. The number of hydrogen-bond donors (Lipinski definition) is 0. The second-order valence-corrected chi connectivity index (χ2v) is 6.35. The molecule has 0 bridgehead atoms. The fourth-order valence-electron chi connectivity index (χ4n) is 3.22. The summed E-state index contributed by atoms with van der Waals surface area (Å²) in [5, 5.41) is 0. The van der Waals surface area contributed by atoms with E-state index >= 15 is 0 Å². The topological polar surface area (TPSA) is 64.6 Å². The molecule has 0 amide bonds. The lowest BCUT2D eigenvalue weighted by Crippen LogP contribution is -1.95. The zero-order chi connectivity index (χ0) is 21.5. The average Bonchev–Trinajstić information content (AvgIpc) is 3.43. The van der Waals surface area contributed by atoms with E-state index in [4.69, 9.17) is 33.2 Å². The van der Waals surface area contributed by atoms with Crippen LogP contribution in [0, 0.1) is 0 Å². The Bertz CT molecular complexity index is 920. The van der Waals surface area contributed by atoms with Crippen molar-refractivity contribution in [2.75, 3.05) is 34.9 Å². The second-order valence-electron chi connectivity index (χ2n) is 6.35. The molecule has 2 aliphatic rings. The van der Waals surface area contributed by atoms with Gasteiger partial charge >= 0.3 is 0 Å². The Morgan fingerprint density at radius 1 is 0.767 bits per heavy atom. The highest BCUT2D eigenvalue weighted by Crippen LogP contribution is 2.49. The molecule has 0 atom stereocenters. The maximum Gasteiger partial charge on any atom is 0.231 e. The molecule has 0 spiro atoms. The van der Waals surface area contributed by atoms with E-state index in [2.05, 4.69) is 13.2 Å². The van der Waals surface area contributed by atoms with Crippen LogP contribution in [-0.4, -0.2) is 34.9 Å². The summed E-state index contributed by atoms with van der Waals surface area (Å²) in [6.45, 7) is 7.87. The van der Waals surface area contributed by atoms with Crippen molar-refractivity contribution in [3.05, 3.63) is 54.6 Å². The Morgan fingerprint density at radius 3 is 2.07 bits per heavy atom. The first-order chi connectivity index (χ1) is 14.7. The van der Waals surface area contributed by atoms with Gasteiger partial charge < -0.3 is 33.2 Å². The van der Waals surface area contributed by atoms with Gasteiger partial charge in [-0.2, -0.15) is 0 Å². The molecule has 30 heavy (non-hydrogen) atoms. The quantitative estimate of drug-likeness (QED) is 0.626. The molecule has 0 fully saturated rings. The highest BCUT2D eigenvalue weighted by Gasteiger charge is 2.26. The first kappa shape index (κ1) is 21.2. The highest BCUT2D eigenvalue weighted by molar-refractivity contribution is 5.64. The third kappa shape index (κ3) is 4.25. The van der Waals surface area contributed by atoms with E-state index in [1.165, 1.54) is 0 Å². The zero-order valence-electron chi connectivity index (χ0n) is 17.5. The Labute approximate surface area is 176 Å². The minimum Gasteiger partial charge on any atom is -0.493 e. The normalized spacial score (nSPS) is 12.5. The predicted molar refractivity (Wildman–Crippen MR) is 113 cm³/mol. The van der Waals surface area contributed by atoms with Crippen molar-refractivity contribution in [1.29, 1.82) is 0 Å². The summed E-state index contributed by atoms with van der Waals surface area (Å²) in [4.78, 5) is 0. The smallest absolute Gasteiger partial charge is 0.231 e. The van der Waals surface area contributed by atoms with Crippen LogP contribution in [0.3, 0.4) is 0 Å². The van der Waals surface area contributed by atoms with Crippen molar-refractivity contribution < 1.29 is 33.2 Å². The van der Waals surface area contributed by atoms with E-state index in [9.17, 15) is 0 Å². The van der Waals surface area contributed by atoms with Gasteiger partial charge in [-0.3, -0.25) is 0 Å². The SMILES string of the molecule is C=CCc1cc(OC)c2c(c1)OCO2.C=CCc1cc(OC)c2c(c1OC)OCO2. The minimum absolute atomic E-state index is 0.194. The largest absolute Gasteiger partial charge is 0.493 e. The molecule has 2 aromatic carbocycles. The van der Waals surface area contributed by atoms with Crippen LogP contribution in [0.15, 0.2) is 43.5 Å². The van der Waals surface area contributed by atoms with Gasteiger partial charge in [-0.05, 0) is 36.6 Å². The van der Waals surface area contributed by atoms with Gasteiger partial charge in [-0.1, -0.05) is 12.2 Å². The molecule has 0 N–H and O–H groups in total. The van der Waals surface area contributed by atoms with Crippen molar-refractivity contribution in [2.45, 2.75) is 12.8 Å². The Kier molecular flexibility index (Phi) is 6.95. The maximum absolute atomic E-state index is 5.39. The van der Waals surface area contributed by atoms with E-state index in [1.54, 1.807) is 27.4 Å². The predicted octanol–water partition coefficient (Wildman–Crippen LogP) is 4.31. The minimum atomic E-state index is 0.194. The summed E-state index contributed by atoms with van der Waals surface area (Å²) in [5.41, 5.74) is 2.08. The van der Waals surface area contributed by atoms with Gasteiger partial charge in [-0.15, -0.1) is 13.2 Å². The molecule has 0 aliphatic carbocycles. The average molecular weight is 414 g/mol. The zero-order valence-corrected chi connectivity index (χ0v) is 17.5. The molecular formula is C23H26O7. The maximum atomic E-state index is 5.39. The molecule has 0 unspecified atom stereocenters. The fourth-order valence-corrected chi connectivity index (χ4v) is 3.22. The molecule has 4 rings (SSSR count). The molecule has 2 heterocycles. The summed E-state index contributed by atoms with van der Waals surface area (Å²) in [7, 11) is 4.83. The third-order valence-corrected chi connectivity index (χ3v) is 4.53. The number of hydrogen-bond acceptors (Lipinski definition) is 7. The molecule has 7 heteroatoms. The molecule has 0 aromatic heterocycles. The number of methoxy groups -OCH3 is 3. The van der Waals surface area contributed by atoms with Crippen LogP contribution in [0.1, 0.15) is 11.1 Å². The first-order valence-electron chi connectivity index (χ1n) is 9.38. The highest BCUT2D eigenvalue weighted by atomic mass is 16.7. The van der Waals surface area contributed by atoms with Crippen LogP contribution in [-0.2, 0) is 12.8 Å². The molecular weight excluding hydrogens is 388 g/mol. The number of ether oxygens (including phenoxy) is 7. The number of allylic oxidation sites excluding steroid dienone is 2. The van der Waals surface area contributed by atoms with Crippen LogP contribution in [0.2, 0.25) is 0 Å². The van der Waals surface area contributed by atoms with Gasteiger partial charge in [0.2, 0.25) is 30.8 Å². The van der Waals surface area contributed by atoms with Crippen LogP contribution < -0.4 is 33.2 Å². The summed E-state index contributed by atoms with van der Waals surface area (Å²) >= 11 is 0. The molecule has 7 nitrogen and oxygen atoms in total. The number of rotatable bonds is 7. The van der Waals surface area contributed by atoms with E-state index in [0.717, 1.165) is 29.0 Å². The van der Waals surface area contributed by atoms with E-state index in [0.29, 0.717) is 35.2 Å². The van der Waals surface area contributed by atoms with E-state index in [1.807, 2.05) is 24.3 Å². The van der Waals surface area contributed by atoms with Gasteiger partial charge in [0, 0.05) is 5.56 Å². The van der Waals surface area contributed by atoms with Crippen LogP contribution in [0.25, 0.3) is 0 Å². The van der Waals surface area contributed by atoms with Crippen molar-refractivity contribution >= 4 is 0 Å². The Morgan fingerprint density at radius 2 is 1.40 bits per heavy atom. The lowest BCUT2D eigenvalue weighted by atomic mass is 10.1. The number of fused-ring (bicyclic) bond motifs is 2. The Balaban J connectivity index is 0.000000172. The van der Waals surface area contributed by atoms with Crippen molar-refractivity contribution in [1.82, 2.24) is 0 Å². The van der Waals surface area contributed by atoms with E-state index < -0.39 is 0 Å². The monoisotopic (exact) mass is 414 g/mol. The second kappa shape index (κ2) is 9.82. The standard InChI is InChI=1S/C12H14O4.C11H12O3/c1-4-5-8-6-9(13-2)11-12(10(8)14-3)16-7-15-11;1-3-4-8-5-9(12-2)11-10(6-8)13-7-14-11/h4,6H,1,5,7H2,2-3H3;3,5-6H,1,4,7H2,2H3. The van der Waals surface area contributed by atoms with Crippen molar-refractivity contribution in [2.24, 2.45) is 0 Å². The van der Waals surface area contributed by atoms with Gasteiger partial charge in [0.15, 0.2) is 23.0 Å².